The summed E-state index contributed by atoms with van der Waals surface area (Å²) in [5.41, 5.74) is 1.24. The number of fused-ring (bicyclic) bond motifs is 1. The number of rotatable bonds is 3. The summed E-state index contributed by atoms with van der Waals surface area (Å²) < 4.78 is 0. The number of hydrogen-bond donors (Lipinski definition) is 1. The third kappa shape index (κ3) is 3.50. The maximum atomic E-state index is 13.1. The minimum atomic E-state index is -0.321. The Morgan fingerprint density at radius 1 is 1.04 bits per heavy atom. The predicted molar refractivity (Wildman–Crippen MR) is 103 cm³/mol. The molecule has 2 aliphatic heterocycles. The molecule has 0 spiro atoms. The largest absolute Gasteiger partial charge is 0.326 e. The van der Waals surface area contributed by atoms with E-state index in [4.69, 9.17) is 0 Å². The van der Waals surface area contributed by atoms with E-state index in [0.29, 0.717) is 23.3 Å². The summed E-state index contributed by atoms with van der Waals surface area (Å²) in [4.78, 5) is 40.6. The van der Waals surface area contributed by atoms with Gasteiger partial charge in [0.25, 0.3) is 5.91 Å². The van der Waals surface area contributed by atoms with Crippen LogP contribution in [0.15, 0.2) is 24.3 Å². The fourth-order valence-electron chi connectivity index (χ4n) is 5.09. The van der Waals surface area contributed by atoms with Crippen LogP contribution in [0.25, 0.3) is 0 Å². The molecule has 3 aliphatic rings. The number of carbonyl (C=O) groups excluding carboxylic acids is 3. The van der Waals surface area contributed by atoms with Gasteiger partial charge in [-0.2, -0.15) is 0 Å². The first kappa shape index (κ1) is 18.2. The number of nitrogens with zero attached hydrogens (tertiary/aromatic N) is 2. The molecule has 4 rings (SSSR count). The van der Waals surface area contributed by atoms with E-state index >= 15 is 0 Å². The molecule has 2 heterocycles. The van der Waals surface area contributed by atoms with E-state index < -0.39 is 0 Å². The summed E-state index contributed by atoms with van der Waals surface area (Å²) in [6.07, 6.45) is 7.56. The smallest absolute Gasteiger partial charge is 0.251 e. The summed E-state index contributed by atoms with van der Waals surface area (Å²) in [7, 11) is 0. The van der Waals surface area contributed by atoms with Crippen molar-refractivity contribution in [2.45, 2.75) is 64.0 Å². The molecule has 3 amide bonds. The number of likely N-dealkylation sites (tertiary alicyclic amines) is 1. The summed E-state index contributed by atoms with van der Waals surface area (Å²) >= 11 is 0. The van der Waals surface area contributed by atoms with E-state index in [1.807, 2.05) is 0 Å². The van der Waals surface area contributed by atoms with Crippen LogP contribution < -0.4 is 10.2 Å². The van der Waals surface area contributed by atoms with Gasteiger partial charge in [-0.3, -0.25) is 19.3 Å². The Hall–Kier alpha value is -2.21. The highest BCUT2D eigenvalue weighted by Gasteiger charge is 2.47. The van der Waals surface area contributed by atoms with Gasteiger partial charge >= 0.3 is 0 Å². The minimum absolute atomic E-state index is 0.0986. The van der Waals surface area contributed by atoms with Gasteiger partial charge in [-0.1, -0.05) is 12.8 Å². The molecule has 6 nitrogen and oxygen atoms in total. The number of carbonyl (C=O) groups is 3. The zero-order valence-electron chi connectivity index (χ0n) is 15.8. The Balaban J connectivity index is 1.52. The van der Waals surface area contributed by atoms with Gasteiger partial charge in [0.2, 0.25) is 11.8 Å². The molecule has 0 bridgehead atoms. The molecule has 3 fully saturated rings. The lowest BCUT2D eigenvalue weighted by molar-refractivity contribution is -0.124. The number of nitrogens with one attached hydrogen (secondary N) is 1. The SMILES string of the molecule is CC(=O)Nc1ccc(N2C(=O)C[C@H](N3CCC[C@H]4CCCC[C@H]43)C2=O)cc1. The van der Waals surface area contributed by atoms with E-state index in [1.165, 1.54) is 37.5 Å². The average Bonchev–Trinajstić information content (AvgIpc) is 2.96. The lowest BCUT2D eigenvalue weighted by Crippen LogP contribution is -2.54. The fourth-order valence-corrected chi connectivity index (χ4v) is 5.09. The van der Waals surface area contributed by atoms with Gasteiger partial charge in [-0.05, 0) is 62.4 Å². The minimum Gasteiger partial charge on any atom is -0.326 e. The van der Waals surface area contributed by atoms with Crippen molar-refractivity contribution in [1.82, 2.24) is 4.90 Å². The van der Waals surface area contributed by atoms with Crippen LogP contribution in [0.2, 0.25) is 0 Å². The molecule has 1 aromatic rings. The van der Waals surface area contributed by atoms with Crippen molar-refractivity contribution in [2.24, 2.45) is 5.92 Å². The molecule has 0 aromatic heterocycles. The molecule has 3 atom stereocenters. The van der Waals surface area contributed by atoms with Gasteiger partial charge in [-0.15, -0.1) is 0 Å². The number of hydrogen-bond acceptors (Lipinski definition) is 4. The first-order valence-corrected chi connectivity index (χ1v) is 10.0. The highest BCUT2D eigenvalue weighted by atomic mass is 16.2. The molecule has 27 heavy (non-hydrogen) atoms. The standard InChI is InChI=1S/C21H27N3O3/c1-14(25)22-16-8-10-17(11-9-16)24-20(26)13-19(21(24)27)23-12-4-6-15-5-2-3-7-18(15)23/h8-11,15,18-19H,2-7,12-13H2,1H3,(H,22,25)/t15-,18-,19+/m1/s1. The van der Waals surface area contributed by atoms with E-state index in [0.717, 1.165) is 19.4 Å². The second-order valence-corrected chi connectivity index (χ2v) is 8.01. The van der Waals surface area contributed by atoms with Crippen LogP contribution in [0.1, 0.15) is 51.9 Å². The third-order valence-electron chi connectivity index (χ3n) is 6.26. The first-order valence-electron chi connectivity index (χ1n) is 10.0. The second kappa shape index (κ2) is 7.43. The molecule has 144 valence electrons. The van der Waals surface area contributed by atoms with E-state index in [1.54, 1.807) is 24.3 Å². The van der Waals surface area contributed by atoms with Crippen molar-refractivity contribution in [3.8, 4) is 0 Å². The molecule has 1 aliphatic carbocycles. The molecule has 2 saturated heterocycles. The van der Waals surface area contributed by atoms with Gasteiger partial charge in [0, 0.05) is 18.7 Å². The van der Waals surface area contributed by atoms with Gasteiger partial charge in [0.15, 0.2) is 0 Å². The van der Waals surface area contributed by atoms with Gasteiger partial charge in [-0.25, -0.2) is 4.90 Å². The number of imide groups is 1. The number of piperidine rings is 1. The first-order chi connectivity index (χ1) is 13.0. The number of amides is 3. The van der Waals surface area contributed by atoms with Crippen molar-refractivity contribution in [3.05, 3.63) is 24.3 Å². The maximum absolute atomic E-state index is 13.1. The normalized spacial score (nSPS) is 28.9. The van der Waals surface area contributed by atoms with Gasteiger partial charge < -0.3 is 5.32 Å². The Kier molecular flexibility index (Phi) is 5.00. The maximum Gasteiger partial charge on any atom is 0.251 e. The van der Waals surface area contributed by atoms with Crippen molar-refractivity contribution in [1.29, 1.82) is 0 Å². The van der Waals surface area contributed by atoms with Crippen molar-refractivity contribution < 1.29 is 14.4 Å². The average molecular weight is 369 g/mol. The van der Waals surface area contributed by atoms with Crippen LogP contribution in [-0.4, -0.2) is 41.2 Å². The van der Waals surface area contributed by atoms with Crippen molar-refractivity contribution in [3.63, 3.8) is 0 Å². The van der Waals surface area contributed by atoms with E-state index in [9.17, 15) is 14.4 Å². The zero-order valence-corrected chi connectivity index (χ0v) is 15.8. The zero-order chi connectivity index (χ0) is 19.0. The van der Waals surface area contributed by atoms with Crippen LogP contribution in [0.3, 0.4) is 0 Å². The molecule has 1 N–H and O–H groups in total. The Morgan fingerprint density at radius 2 is 1.74 bits per heavy atom. The summed E-state index contributed by atoms with van der Waals surface area (Å²) in [5, 5.41) is 2.70. The van der Waals surface area contributed by atoms with Gasteiger partial charge in [0.1, 0.15) is 0 Å². The van der Waals surface area contributed by atoms with Gasteiger partial charge in [0.05, 0.1) is 18.2 Å². The quantitative estimate of drug-likeness (QED) is 0.832. The van der Waals surface area contributed by atoms with E-state index in [-0.39, 0.29) is 30.2 Å². The van der Waals surface area contributed by atoms with Crippen LogP contribution in [0, 0.1) is 5.92 Å². The highest BCUT2D eigenvalue weighted by Crippen LogP contribution is 2.38. The second-order valence-electron chi connectivity index (χ2n) is 8.01. The Labute approximate surface area is 159 Å². The molecule has 0 unspecified atom stereocenters. The van der Waals surface area contributed by atoms with Crippen LogP contribution >= 0.6 is 0 Å². The fraction of sp³-hybridized carbons (Fsp3) is 0.571. The highest BCUT2D eigenvalue weighted by molar-refractivity contribution is 6.22. The Bertz CT molecular complexity index is 744. The monoisotopic (exact) mass is 369 g/mol. The van der Waals surface area contributed by atoms with Crippen LogP contribution in [-0.2, 0) is 14.4 Å². The summed E-state index contributed by atoms with van der Waals surface area (Å²) in [6, 6.07) is 7.03. The Morgan fingerprint density at radius 3 is 2.48 bits per heavy atom. The molecule has 1 saturated carbocycles. The molecule has 1 aromatic carbocycles. The van der Waals surface area contributed by atoms with Crippen LogP contribution in [0.4, 0.5) is 11.4 Å². The van der Waals surface area contributed by atoms with Crippen molar-refractivity contribution >= 4 is 29.1 Å². The lowest BCUT2D eigenvalue weighted by Gasteiger charge is -2.46. The molecule has 0 radical (unpaired) electrons. The van der Waals surface area contributed by atoms with Crippen LogP contribution in [0.5, 0.6) is 0 Å². The lowest BCUT2D eigenvalue weighted by atomic mass is 9.77. The molecular weight excluding hydrogens is 342 g/mol. The number of benzene rings is 1. The van der Waals surface area contributed by atoms with E-state index in [2.05, 4.69) is 10.2 Å². The summed E-state index contributed by atoms with van der Waals surface area (Å²) in [5.74, 6) is 0.304. The molecule has 6 heteroatoms. The van der Waals surface area contributed by atoms with Crippen molar-refractivity contribution in [2.75, 3.05) is 16.8 Å². The third-order valence-corrected chi connectivity index (χ3v) is 6.26. The number of anilines is 2. The summed E-state index contributed by atoms with van der Waals surface area (Å²) in [6.45, 7) is 2.36. The predicted octanol–water partition coefficient (Wildman–Crippen LogP) is 2.93. The topological polar surface area (TPSA) is 69.7 Å². The molecular formula is C21H27N3O3.